The second-order valence-corrected chi connectivity index (χ2v) is 4.33. The van der Waals surface area contributed by atoms with Crippen molar-refractivity contribution in [3.8, 4) is 0 Å². The van der Waals surface area contributed by atoms with Gasteiger partial charge in [-0.2, -0.15) is 0 Å². The Hall–Kier alpha value is -1.49. The highest BCUT2D eigenvalue weighted by Gasteiger charge is 2.09. The van der Waals surface area contributed by atoms with E-state index in [1.54, 1.807) is 18.3 Å². The lowest BCUT2D eigenvalue weighted by Crippen LogP contribution is -2.18. The van der Waals surface area contributed by atoms with Gasteiger partial charge in [-0.3, -0.25) is 15.1 Å². The zero-order valence-corrected chi connectivity index (χ0v) is 10.5. The van der Waals surface area contributed by atoms with Crippen LogP contribution in [-0.4, -0.2) is 28.2 Å². The maximum Gasteiger partial charge on any atom is 0.241 e. The topological polar surface area (TPSA) is 68.4 Å². The molecule has 0 aliphatic carbocycles. The maximum atomic E-state index is 10.5. The lowest BCUT2D eigenvalue weighted by Gasteiger charge is -2.05. The highest BCUT2D eigenvalue weighted by atomic mass is 35.5. The number of halogens is 1. The summed E-state index contributed by atoms with van der Waals surface area (Å²) < 4.78 is 0. The summed E-state index contributed by atoms with van der Waals surface area (Å²) >= 11 is 5.67. The van der Waals surface area contributed by atoms with Gasteiger partial charge in [0.05, 0.1) is 5.71 Å². The van der Waals surface area contributed by atoms with E-state index in [1.807, 2.05) is 13.8 Å². The van der Waals surface area contributed by atoms with Gasteiger partial charge in [-0.05, 0) is 25.5 Å². The van der Waals surface area contributed by atoms with E-state index in [2.05, 4.69) is 9.98 Å². The molecule has 0 amide bonds. The van der Waals surface area contributed by atoms with Crippen molar-refractivity contribution in [2.75, 3.05) is 6.54 Å². The van der Waals surface area contributed by atoms with Gasteiger partial charge in [0, 0.05) is 23.6 Å². The van der Waals surface area contributed by atoms with Gasteiger partial charge < -0.3 is 0 Å². The molecule has 0 N–H and O–H groups in total. The van der Waals surface area contributed by atoms with Crippen LogP contribution in [0.15, 0.2) is 23.3 Å². The highest BCUT2D eigenvalue weighted by molar-refractivity contribution is 6.29. The van der Waals surface area contributed by atoms with Crippen molar-refractivity contribution in [1.82, 2.24) is 4.98 Å². The number of hydrogen-bond acceptors (Lipinski definition) is 4. The van der Waals surface area contributed by atoms with Gasteiger partial charge in [0.15, 0.2) is 0 Å². The predicted molar refractivity (Wildman–Crippen MR) is 67.4 cm³/mol. The smallest absolute Gasteiger partial charge is 0.241 e. The molecule has 0 unspecified atom stereocenters. The summed E-state index contributed by atoms with van der Waals surface area (Å²) in [5.41, 5.74) is 1.42. The first-order valence-electron chi connectivity index (χ1n) is 5.25. The summed E-state index contributed by atoms with van der Waals surface area (Å²) in [6.45, 7) is 3.54. The van der Waals surface area contributed by atoms with E-state index in [0.717, 1.165) is 5.56 Å². The van der Waals surface area contributed by atoms with Crippen LogP contribution in [0.1, 0.15) is 19.4 Å². The molecule has 1 rings (SSSR count). The first-order chi connectivity index (χ1) is 7.97. The molecule has 1 aromatic rings. The molecule has 0 radical (unpaired) electrons. The molecular formula is C11H14ClN3O2. The Balaban J connectivity index is 2.79. The van der Waals surface area contributed by atoms with Gasteiger partial charge in [-0.25, -0.2) is 4.98 Å². The highest BCUT2D eigenvalue weighted by Crippen LogP contribution is 2.07. The molecule has 0 atom stereocenters. The molecule has 0 saturated carbocycles. The third-order valence-electron chi connectivity index (χ3n) is 1.95. The van der Waals surface area contributed by atoms with E-state index in [1.165, 1.54) is 0 Å². The van der Waals surface area contributed by atoms with Crippen molar-refractivity contribution >= 4 is 17.3 Å². The summed E-state index contributed by atoms with van der Waals surface area (Å²) in [5, 5.41) is 10.9. The second kappa shape index (κ2) is 6.30. The number of pyridine rings is 1. The number of aliphatic imine (C=N–C) groups is 1. The molecule has 6 heteroatoms. The number of nitro groups is 1. The zero-order chi connectivity index (χ0) is 12.8. The molecule has 0 aromatic carbocycles. The number of nitrogens with zero attached hydrogens (tertiary/aromatic N) is 3. The van der Waals surface area contributed by atoms with E-state index in [4.69, 9.17) is 11.6 Å². The Morgan fingerprint density at radius 3 is 2.76 bits per heavy atom. The van der Waals surface area contributed by atoms with Gasteiger partial charge >= 0.3 is 0 Å². The van der Waals surface area contributed by atoms with Crippen molar-refractivity contribution in [2.45, 2.75) is 26.3 Å². The van der Waals surface area contributed by atoms with Crippen molar-refractivity contribution in [3.05, 3.63) is 39.2 Å². The summed E-state index contributed by atoms with van der Waals surface area (Å²) in [4.78, 5) is 18.3. The minimum Gasteiger partial charge on any atom is -0.284 e. The Labute approximate surface area is 105 Å². The molecule has 1 aromatic heterocycles. The van der Waals surface area contributed by atoms with Crippen LogP contribution in [-0.2, 0) is 6.42 Å². The average molecular weight is 256 g/mol. The van der Waals surface area contributed by atoms with Crippen LogP contribution >= 0.6 is 11.6 Å². The lowest BCUT2D eigenvalue weighted by molar-refractivity contribution is -0.463. The molecular weight excluding hydrogens is 242 g/mol. The molecule has 0 aliphatic rings. The maximum absolute atomic E-state index is 10.5. The van der Waals surface area contributed by atoms with Crippen LogP contribution < -0.4 is 0 Å². The molecule has 0 aliphatic heterocycles. The SMILES string of the molecule is CC(C)N=C(Cc1ccc(Cl)nc1)C[N+](=O)[O-]. The van der Waals surface area contributed by atoms with Crippen molar-refractivity contribution in [2.24, 2.45) is 4.99 Å². The van der Waals surface area contributed by atoms with E-state index in [-0.39, 0.29) is 17.5 Å². The molecule has 0 spiro atoms. The Kier molecular flexibility index (Phi) is 5.03. The minimum absolute atomic E-state index is 0.0465. The first kappa shape index (κ1) is 13.6. The Morgan fingerprint density at radius 2 is 2.29 bits per heavy atom. The Morgan fingerprint density at radius 1 is 1.59 bits per heavy atom. The number of hydrogen-bond donors (Lipinski definition) is 0. The fourth-order valence-corrected chi connectivity index (χ4v) is 1.51. The molecule has 0 fully saturated rings. The van der Waals surface area contributed by atoms with Gasteiger partial charge in [-0.1, -0.05) is 17.7 Å². The second-order valence-electron chi connectivity index (χ2n) is 3.95. The lowest BCUT2D eigenvalue weighted by atomic mass is 10.1. The van der Waals surface area contributed by atoms with Crippen molar-refractivity contribution in [3.63, 3.8) is 0 Å². The van der Waals surface area contributed by atoms with Crippen LogP contribution in [0.2, 0.25) is 5.15 Å². The van der Waals surface area contributed by atoms with Gasteiger partial charge in [0.2, 0.25) is 6.54 Å². The zero-order valence-electron chi connectivity index (χ0n) is 9.76. The van der Waals surface area contributed by atoms with Crippen molar-refractivity contribution in [1.29, 1.82) is 0 Å². The molecule has 17 heavy (non-hydrogen) atoms. The third kappa shape index (κ3) is 5.40. The molecule has 92 valence electrons. The van der Waals surface area contributed by atoms with Crippen LogP contribution in [0.3, 0.4) is 0 Å². The molecule has 1 heterocycles. The quantitative estimate of drug-likeness (QED) is 0.351. The van der Waals surface area contributed by atoms with E-state index < -0.39 is 0 Å². The van der Waals surface area contributed by atoms with Crippen LogP contribution in [0.5, 0.6) is 0 Å². The van der Waals surface area contributed by atoms with Gasteiger partial charge in [0.25, 0.3) is 0 Å². The van der Waals surface area contributed by atoms with Crippen LogP contribution in [0.4, 0.5) is 0 Å². The fraction of sp³-hybridized carbons (Fsp3) is 0.455. The number of rotatable bonds is 5. The first-order valence-corrected chi connectivity index (χ1v) is 5.63. The van der Waals surface area contributed by atoms with Gasteiger partial charge in [-0.15, -0.1) is 0 Å². The minimum atomic E-state index is -0.370. The van der Waals surface area contributed by atoms with Crippen molar-refractivity contribution < 1.29 is 4.92 Å². The number of aromatic nitrogens is 1. The molecule has 0 bridgehead atoms. The third-order valence-corrected chi connectivity index (χ3v) is 2.17. The Bertz CT molecular complexity index is 415. The summed E-state index contributed by atoms with van der Waals surface area (Å²) in [7, 11) is 0. The van der Waals surface area contributed by atoms with Gasteiger partial charge in [0.1, 0.15) is 5.15 Å². The van der Waals surface area contributed by atoms with Crippen LogP contribution in [0.25, 0.3) is 0 Å². The average Bonchev–Trinajstić information content (AvgIpc) is 2.19. The summed E-state index contributed by atoms with van der Waals surface area (Å²) in [6.07, 6.45) is 2.04. The van der Waals surface area contributed by atoms with Crippen LogP contribution in [0, 0.1) is 10.1 Å². The largest absolute Gasteiger partial charge is 0.284 e. The standard InChI is InChI=1S/C11H14ClN3O2/c1-8(2)14-10(7-15(16)17)5-9-3-4-11(12)13-6-9/h3-4,6,8H,5,7H2,1-2H3. The fourth-order valence-electron chi connectivity index (χ4n) is 1.40. The van der Waals surface area contributed by atoms with E-state index >= 15 is 0 Å². The molecule has 0 saturated heterocycles. The summed E-state index contributed by atoms with van der Waals surface area (Å²) in [6, 6.07) is 3.51. The molecule has 5 nitrogen and oxygen atoms in total. The van der Waals surface area contributed by atoms with E-state index in [0.29, 0.717) is 17.3 Å². The van der Waals surface area contributed by atoms with E-state index in [9.17, 15) is 10.1 Å². The predicted octanol–water partition coefficient (Wildman–Crippen LogP) is 2.40. The summed E-state index contributed by atoms with van der Waals surface area (Å²) in [5.74, 6) is 0. The normalized spacial score (nSPS) is 11.9. The monoisotopic (exact) mass is 255 g/mol.